The first-order valence-corrected chi connectivity index (χ1v) is 10.2. The Kier molecular flexibility index (Phi) is 6.54. The van der Waals surface area contributed by atoms with Crippen LogP contribution in [0.1, 0.15) is 13.3 Å². The summed E-state index contributed by atoms with van der Waals surface area (Å²) in [6.07, 6.45) is -1.99. The Morgan fingerprint density at radius 1 is 1.05 bits per heavy atom. The highest BCUT2D eigenvalue weighted by molar-refractivity contribution is 7.64. The lowest BCUT2D eigenvalue weighted by Crippen LogP contribution is -2.29. The van der Waals surface area contributed by atoms with Gasteiger partial charge in [0, 0.05) is 5.92 Å². The highest BCUT2D eigenvalue weighted by Crippen LogP contribution is 2.60. The quantitative estimate of drug-likeness (QED) is 0.427. The molecule has 6 atom stereocenters. The molecule has 1 rings (SSSR count). The summed E-state index contributed by atoms with van der Waals surface area (Å²) in [6.45, 7) is 0.792. The molecule has 0 radical (unpaired) electrons. The van der Waals surface area contributed by atoms with Gasteiger partial charge in [-0.1, -0.05) is 6.92 Å². The molecule has 0 spiro atoms. The largest absolute Gasteiger partial charge is 0.790 e. The summed E-state index contributed by atoms with van der Waals surface area (Å²) < 4.78 is 42.8. The zero-order valence-corrected chi connectivity index (χ0v) is 13.7. The monoisotopic (exact) mass is 382 g/mol. The molecule has 0 bridgehead atoms. The van der Waals surface area contributed by atoms with Gasteiger partial charge in [0.05, 0.1) is 26.6 Å². The van der Waals surface area contributed by atoms with Crippen molar-refractivity contribution in [3.63, 3.8) is 0 Å². The van der Waals surface area contributed by atoms with Crippen LogP contribution in [0.15, 0.2) is 0 Å². The van der Waals surface area contributed by atoms with Gasteiger partial charge in [0.1, 0.15) is 0 Å². The fourth-order valence-corrected chi connectivity index (χ4v) is 4.91. The molecule has 1 aliphatic rings. The van der Waals surface area contributed by atoms with E-state index in [0.717, 1.165) is 0 Å². The fraction of sp³-hybridized carbons (Fsp3) is 1.00. The van der Waals surface area contributed by atoms with Gasteiger partial charge in [-0.3, -0.25) is 13.4 Å². The van der Waals surface area contributed by atoms with E-state index in [2.05, 4.69) is 13.1 Å². The van der Waals surface area contributed by atoms with Crippen molar-refractivity contribution in [2.45, 2.75) is 25.6 Å². The number of hydrogen-bond acceptors (Lipinski definition) is 12. The van der Waals surface area contributed by atoms with Gasteiger partial charge in [-0.05, 0) is 12.3 Å². The smallest absolute Gasteiger partial charge is 0.278 e. The van der Waals surface area contributed by atoms with Crippen molar-refractivity contribution in [1.82, 2.24) is 0 Å². The predicted molar refractivity (Wildman–Crippen MR) is 60.2 cm³/mol. The molecule has 0 aromatic rings. The van der Waals surface area contributed by atoms with Crippen LogP contribution < -0.4 is 19.6 Å². The first-order chi connectivity index (χ1) is 9.72. The van der Waals surface area contributed by atoms with Gasteiger partial charge in [-0.15, -0.1) is 0 Å². The normalized spacial score (nSPS) is 35.0. The molecule has 0 aliphatic heterocycles. The van der Waals surface area contributed by atoms with E-state index in [9.17, 15) is 43.5 Å². The molecule has 12 nitrogen and oxygen atoms in total. The Labute approximate surface area is 125 Å². The Morgan fingerprint density at radius 2 is 1.59 bits per heavy atom. The standard InChI is InChI=1S/C7H17O12P3/c1-4-2-6(8)5(7(4)9)3-17-21(13,14)19-22(15,16)18-20(10,11)12/h4-9H,2-3H2,1H3,(H,13,14)(H,15,16)(H2,10,11,12)/p-4/t4-,5+,6?,7?/m0/s1. The van der Waals surface area contributed by atoms with Crippen LogP contribution in [0.25, 0.3) is 0 Å². The Morgan fingerprint density at radius 3 is 2.00 bits per heavy atom. The third-order valence-electron chi connectivity index (χ3n) is 2.95. The van der Waals surface area contributed by atoms with Crippen molar-refractivity contribution >= 4 is 23.5 Å². The number of rotatable bonds is 7. The molecule has 0 aromatic heterocycles. The molecule has 0 saturated heterocycles. The summed E-state index contributed by atoms with van der Waals surface area (Å²) in [6, 6.07) is 0. The maximum absolute atomic E-state index is 11.3. The van der Waals surface area contributed by atoms with Gasteiger partial charge in [-0.2, -0.15) is 0 Å². The van der Waals surface area contributed by atoms with Gasteiger partial charge in [0.15, 0.2) is 0 Å². The van der Waals surface area contributed by atoms with Crippen LogP contribution >= 0.6 is 23.5 Å². The second-order valence-electron chi connectivity index (χ2n) is 4.74. The third-order valence-corrected chi connectivity index (χ3v) is 6.62. The van der Waals surface area contributed by atoms with E-state index in [1.165, 1.54) is 0 Å². The lowest BCUT2D eigenvalue weighted by atomic mass is 10.0. The van der Waals surface area contributed by atoms with Crippen molar-refractivity contribution in [3.05, 3.63) is 0 Å². The van der Waals surface area contributed by atoms with Gasteiger partial charge >= 0.3 is 0 Å². The van der Waals surface area contributed by atoms with Gasteiger partial charge in [0.2, 0.25) is 0 Å². The van der Waals surface area contributed by atoms with Crippen LogP contribution in [0.4, 0.5) is 0 Å². The fourth-order valence-electron chi connectivity index (χ4n) is 2.02. The average Bonchev–Trinajstić information content (AvgIpc) is 2.45. The SMILES string of the molecule is C[C@H]1CC(O)[C@@H](COP(=O)([O-])OP(=O)([O-])OP(=O)([O-])[O-])C1O. The second kappa shape index (κ2) is 7.06. The number of hydrogen-bond donors (Lipinski definition) is 2. The van der Waals surface area contributed by atoms with E-state index in [-0.39, 0.29) is 12.3 Å². The van der Waals surface area contributed by atoms with E-state index >= 15 is 0 Å². The molecule has 1 fully saturated rings. The molecular formula is C7H13O12P3-4. The van der Waals surface area contributed by atoms with Crippen molar-refractivity contribution in [2.75, 3.05) is 6.61 Å². The van der Waals surface area contributed by atoms with Crippen LogP contribution in [-0.2, 0) is 26.8 Å². The van der Waals surface area contributed by atoms with E-state index < -0.39 is 48.2 Å². The minimum atomic E-state index is -6.04. The van der Waals surface area contributed by atoms with E-state index in [1.54, 1.807) is 6.92 Å². The summed E-state index contributed by atoms with van der Waals surface area (Å²) in [5.41, 5.74) is 0. The maximum Gasteiger partial charge on any atom is 0.278 e. The molecule has 0 aromatic carbocycles. The highest BCUT2D eigenvalue weighted by atomic mass is 31.3. The van der Waals surface area contributed by atoms with Crippen LogP contribution in [0.2, 0.25) is 0 Å². The van der Waals surface area contributed by atoms with Crippen molar-refractivity contribution in [1.29, 1.82) is 0 Å². The Balaban J connectivity index is 2.63. The van der Waals surface area contributed by atoms with Crippen molar-refractivity contribution < 1.29 is 56.6 Å². The summed E-state index contributed by atoms with van der Waals surface area (Å²) >= 11 is 0. The van der Waals surface area contributed by atoms with Crippen LogP contribution in [0.5, 0.6) is 0 Å². The maximum atomic E-state index is 11.3. The number of aliphatic hydroxyl groups excluding tert-OH is 2. The molecular weight excluding hydrogens is 369 g/mol. The van der Waals surface area contributed by atoms with Gasteiger partial charge < -0.3 is 38.9 Å². The minimum Gasteiger partial charge on any atom is -0.790 e. The van der Waals surface area contributed by atoms with Crippen molar-refractivity contribution in [3.8, 4) is 0 Å². The third kappa shape index (κ3) is 6.45. The number of phosphoric ester groups is 1. The molecule has 1 aliphatic carbocycles. The Bertz CT molecular complexity index is 529. The predicted octanol–water partition coefficient (Wildman–Crippen LogP) is -2.82. The summed E-state index contributed by atoms with van der Waals surface area (Å²) in [4.78, 5) is 42.4. The molecule has 2 N–H and O–H groups in total. The Hall–Kier alpha value is 0.330. The van der Waals surface area contributed by atoms with Crippen LogP contribution in [-0.4, -0.2) is 29.0 Å². The number of aliphatic hydroxyl groups is 2. The van der Waals surface area contributed by atoms with E-state index in [0.29, 0.717) is 0 Å². The second-order valence-corrected chi connectivity index (χ2v) is 8.98. The molecule has 15 heteroatoms. The summed E-state index contributed by atoms with van der Waals surface area (Å²) in [5.74, 6) is -1.35. The van der Waals surface area contributed by atoms with Crippen molar-refractivity contribution in [2.24, 2.45) is 11.8 Å². The lowest BCUT2D eigenvalue weighted by molar-refractivity contribution is -0.339. The minimum absolute atomic E-state index is 0.178. The highest BCUT2D eigenvalue weighted by Gasteiger charge is 2.40. The molecule has 1 saturated carbocycles. The summed E-state index contributed by atoms with van der Waals surface area (Å²) in [7, 11) is -17.6. The average molecular weight is 382 g/mol. The molecule has 22 heavy (non-hydrogen) atoms. The van der Waals surface area contributed by atoms with Crippen LogP contribution in [0.3, 0.4) is 0 Å². The lowest BCUT2D eigenvalue weighted by Gasteiger charge is -2.37. The van der Waals surface area contributed by atoms with Crippen LogP contribution in [0, 0.1) is 11.8 Å². The first kappa shape index (κ1) is 20.4. The van der Waals surface area contributed by atoms with E-state index in [1.807, 2.05) is 0 Å². The molecule has 0 heterocycles. The zero-order valence-electron chi connectivity index (χ0n) is 11.0. The van der Waals surface area contributed by atoms with E-state index in [4.69, 9.17) is 0 Å². The molecule has 0 amide bonds. The first-order valence-electron chi connectivity index (χ1n) is 5.80. The number of phosphoric acid groups is 3. The van der Waals surface area contributed by atoms with Gasteiger partial charge in [0.25, 0.3) is 15.6 Å². The summed E-state index contributed by atoms with van der Waals surface area (Å²) in [5, 5.41) is 19.3. The molecule has 132 valence electrons. The molecule has 4 unspecified atom stereocenters. The van der Waals surface area contributed by atoms with Gasteiger partial charge in [-0.25, -0.2) is 4.31 Å². The zero-order chi connectivity index (χ0) is 17.3. The topological polar surface area (TPSA) is 212 Å².